The highest BCUT2D eigenvalue weighted by molar-refractivity contribution is 7.98. The topological polar surface area (TPSA) is 72.7 Å². The molecule has 2 aromatic carbocycles. The molecule has 1 aromatic heterocycles. The van der Waals surface area contributed by atoms with Crippen LogP contribution in [0, 0.1) is 5.92 Å². The van der Waals surface area contributed by atoms with Crippen LogP contribution < -0.4 is 5.32 Å². The summed E-state index contributed by atoms with van der Waals surface area (Å²) >= 11 is 1.67. The first-order valence-corrected chi connectivity index (χ1v) is 10.6. The molecule has 0 saturated heterocycles. The maximum Gasteiger partial charge on any atom is 0.227 e. The molecule has 0 radical (unpaired) electrons. The molecule has 1 fully saturated rings. The smallest absolute Gasteiger partial charge is 0.227 e. The molecule has 0 atom stereocenters. The van der Waals surface area contributed by atoms with Crippen LogP contribution in [0.1, 0.15) is 37.9 Å². The molecule has 6 nitrogen and oxygen atoms in total. The van der Waals surface area contributed by atoms with Gasteiger partial charge in [-0.15, -0.1) is 16.9 Å². The number of hydrogen-bond acceptors (Lipinski definition) is 5. The van der Waals surface area contributed by atoms with E-state index in [-0.39, 0.29) is 11.8 Å². The highest BCUT2D eigenvalue weighted by atomic mass is 32.2. The fourth-order valence-electron chi connectivity index (χ4n) is 3.46. The molecule has 28 heavy (non-hydrogen) atoms. The lowest BCUT2D eigenvalue weighted by Gasteiger charge is -2.20. The van der Waals surface area contributed by atoms with E-state index in [0.717, 1.165) is 47.8 Å². The SMILES string of the molecule is O=C(Nc1ccc(SCc2nnnn2-c2ccccc2)cc1)C1CCCCC1. The average molecular weight is 394 g/mol. The predicted molar refractivity (Wildman–Crippen MR) is 110 cm³/mol. The fourth-order valence-corrected chi connectivity index (χ4v) is 4.26. The summed E-state index contributed by atoms with van der Waals surface area (Å²) < 4.78 is 1.76. The van der Waals surface area contributed by atoms with Gasteiger partial charge < -0.3 is 5.32 Å². The number of anilines is 1. The summed E-state index contributed by atoms with van der Waals surface area (Å²) in [4.78, 5) is 13.5. The van der Waals surface area contributed by atoms with Crippen LogP contribution in [-0.4, -0.2) is 26.1 Å². The van der Waals surface area contributed by atoms with Crippen LogP contribution in [0.15, 0.2) is 59.5 Å². The van der Waals surface area contributed by atoms with Gasteiger partial charge >= 0.3 is 0 Å². The lowest BCUT2D eigenvalue weighted by atomic mass is 9.88. The van der Waals surface area contributed by atoms with E-state index in [1.165, 1.54) is 6.42 Å². The second-order valence-corrected chi connectivity index (χ2v) is 8.03. The number of nitrogens with one attached hydrogen (secondary N) is 1. The molecule has 0 unspecified atom stereocenters. The van der Waals surface area contributed by atoms with Gasteiger partial charge in [-0.05, 0) is 59.7 Å². The van der Waals surface area contributed by atoms with Crippen LogP contribution >= 0.6 is 11.8 Å². The Kier molecular flexibility index (Phi) is 6.01. The first-order chi connectivity index (χ1) is 13.8. The van der Waals surface area contributed by atoms with Crippen LogP contribution in [0.3, 0.4) is 0 Å². The molecule has 7 heteroatoms. The van der Waals surface area contributed by atoms with Crippen molar-refractivity contribution in [3.8, 4) is 5.69 Å². The summed E-state index contributed by atoms with van der Waals surface area (Å²) in [6, 6.07) is 17.8. The van der Waals surface area contributed by atoms with Gasteiger partial charge in [0.2, 0.25) is 5.91 Å². The van der Waals surface area contributed by atoms with E-state index >= 15 is 0 Å². The maximum absolute atomic E-state index is 12.4. The molecule has 1 aliphatic rings. The number of amides is 1. The zero-order valence-electron chi connectivity index (χ0n) is 15.6. The summed E-state index contributed by atoms with van der Waals surface area (Å²) in [6.45, 7) is 0. The number of para-hydroxylation sites is 1. The second kappa shape index (κ2) is 9.01. The number of benzene rings is 2. The number of aromatic nitrogens is 4. The van der Waals surface area contributed by atoms with Crippen LogP contribution in [0.25, 0.3) is 5.69 Å². The molecule has 4 rings (SSSR count). The molecule has 0 bridgehead atoms. The largest absolute Gasteiger partial charge is 0.326 e. The van der Waals surface area contributed by atoms with E-state index < -0.39 is 0 Å². The Hall–Kier alpha value is -2.67. The van der Waals surface area contributed by atoms with Gasteiger partial charge in [0, 0.05) is 16.5 Å². The normalized spacial score (nSPS) is 14.7. The second-order valence-electron chi connectivity index (χ2n) is 6.98. The van der Waals surface area contributed by atoms with Crippen molar-refractivity contribution in [2.24, 2.45) is 5.92 Å². The Morgan fingerprint density at radius 1 is 1.04 bits per heavy atom. The van der Waals surface area contributed by atoms with Crippen LogP contribution in [0.2, 0.25) is 0 Å². The van der Waals surface area contributed by atoms with E-state index in [9.17, 15) is 4.79 Å². The average Bonchev–Trinajstić information content (AvgIpc) is 3.23. The van der Waals surface area contributed by atoms with Crippen molar-refractivity contribution in [3.05, 3.63) is 60.4 Å². The third-order valence-electron chi connectivity index (χ3n) is 5.00. The zero-order valence-corrected chi connectivity index (χ0v) is 16.4. The van der Waals surface area contributed by atoms with Gasteiger partial charge in [0.1, 0.15) is 0 Å². The summed E-state index contributed by atoms with van der Waals surface area (Å²) in [6.07, 6.45) is 5.60. The minimum atomic E-state index is 0.155. The van der Waals surface area contributed by atoms with Gasteiger partial charge in [-0.25, -0.2) is 0 Å². The molecular formula is C21H23N5OS. The van der Waals surface area contributed by atoms with Crippen molar-refractivity contribution in [2.75, 3.05) is 5.32 Å². The van der Waals surface area contributed by atoms with Crippen LogP contribution in [-0.2, 0) is 10.5 Å². The summed E-state index contributed by atoms with van der Waals surface area (Å²) in [5.41, 5.74) is 1.80. The number of carbonyl (C=O) groups excluding carboxylic acids is 1. The van der Waals surface area contributed by atoms with Crippen LogP contribution in [0.5, 0.6) is 0 Å². The minimum absolute atomic E-state index is 0.155. The van der Waals surface area contributed by atoms with Gasteiger partial charge in [-0.1, -0.05) is 37.5 Å². The Morgan fingerprint density at radius 2 is 1.79 bits per heavy atom. The Labute approximate surface area is 168 Å². The Bertz CT molecular complexity index is 904. The van der Waals surface area contributed by atoms with Gasteiger partial charge in [-0.2, -0.15) is 4.68 Å². The van der Waals surface area contributed by atoms with Crippen molar-refractivity contribution < 1.29 is 4.79 Å². The number of nitrogens with zero attached hydrogens (tertiary/aromatic N) is 4. The molecule has 1 heterocycles. The molecule has 1 amide bonds. The molecule has 1 aliphatic carbocycles. The summed E-state index contributed by atoms with van der Waals surface area (Å²) in [5.74, 6) is 1.78. The molecule has 1 N–H and O–H groups in total. The highest BCUT2D eigenvalue weighted by Gasteiger charge is 2.20. The van der Waals surface area contributed by atoms with Gasteiger partial charge in [0.25, 0.3) is 0 Å². The predicted octanol–water partition coefficient (Wildman–Crippen LogP) is 4.47. The lowest BCUT2D eigenvalue weighted by Crippen LogP contribution is -2.24. The number of rotatable bonds is 6. The van der Waals surface area contributed by atoms with Crippen molar-refractivity contribution in [1.29, 1.82) is 0 Å². The van der Waals surface area contributed by atoms with Crippen molar-refractivity contribution in [2.45, 2.75) is 42.8 Å². The number of tetrazole rings is 1. The quantitative estimate of drug-likeness (QED) is 0.626. The third-order valence-corrected chi connectivity index (χ3v) is 6.01. The van der Waals surface area contributed by atoms with E-state index in [4.69, 9.17) is 0 Å². The van der Waals surface area contributed by atoms with Gasteiger partial charge in [0.15, 0.2) is 5.82 Å². The van der Waals surface area contributed by atoms with Crippen LogP contribution in [0.4, 0.5) is 5.69 Å². The maximum atomic E-state index is 12.4. The molecule has 0 spiro atoms. The van der Waals surface area contributed by atoms with Crippen molar-refractivity contribution in [3.63, 3.8) is 0 Å². The van der Waals surface area contributed by atoms with E-state index in [1.54, 1.807) is 16.4 Å². The summed E-state index contributed by atoms with van der Waals surface area (Å²) in [5, 5.41) is 15.1. The van der Waals surface area contributed by atoms with E-state index in [2.05, 4.69) is 20.8 Å². The lowest BCUT2D eigenvalue weighted by molar-refractivity contribution is -0.120. The monoisotopic (exact) mass is 393 g/mol. The van der Waals surface area contributed by atoms with Gasteiger partial charge in [-0.3, -0.25) is 4.79 Å². The van der Waals surface area contributed by atoms with E-state index in [1.807, 2.05) is 54.6 Å². The molecule has 3 aromatic rings. The first-order valence-electron chi connectivity index (χ1n) is 9.66. The Morgan fingerprint density at radius 3 is 2.54 bits per heavy atom. The highest BCUT2D eigenvalue weighted by Crippen LogP contribution is 2.27. The molecule has 144 valence electrons. The number of carbonyl (C=O) groups is 1. The fraction of sp³-hybridized carbons (Fsp3) is 0.333. The number of hydrogen-bond donors (Lipinski definition) is 1. The van der Waals surface area contributed by atoms with E-state index in [0.29, 0.717) is 5.75 Å². The molecule has 1 saturated carbocycles. The first kappa shape index (κ1) is 18.7. The summed E-state index contributed by atoms with van der Waals surface area (Å²) in [7, 11) is 0. The Balaban J connectivity index is 1.34. The van der Waals surface area contributed by atoms with Gasteiger partial charge in [0.05, 0.1) is 11.4 Å². The minimum Gasteiger partial charge on any atom is -0.326 e. The third kappa shape index (κ3) is 4.59. The van der Waals surface area contributed by atoms with Crippen molar-refractivity contribution in [1.82, 2.24) is 20.2 Å². The zero-order chi connectivity index (χ0) is 19.2. The number of thioether (sulfide) groups is 1. The van der Waals surface area contributed by atoms with Crippen molar-refractivity contribution >= 4 is 23.4 Å². The molecular weight excluding hydrogens is 370 g/mol. The molecule has 0 aliphatic heterocycles. The standard InChI is InChI=1S/C21H23N5OS/c27-21(16-7-3-1-4-8-16)22-17-11-13-19(14-12-17)28-15-20-23-24-25-26(20)18-9-5-2-6-10-18/h2,5-6,9-14,16H,1,3-4,7-8,15H2,(H,22,27).